The van der Waals surface area contributed by atoms with Crippen LogP contribution in [0.5, 0.6) is 0 Å². The third-order valence-corrected chi connectivity index (χ3v) is 2.22. The van der Waals surface area contributed by atoms with Gasteiger partial charge in [0.2, 0.25) is 0 Å². The van der Waals surface area contributed by atoms with E-state index in [1.54, 1.807) is 0 Å². The third-order valence-electron chi connectivity index (χ3n) is 2.22. The first-order chi connectivity index (χ1) is 7.86. The number of alkyl halides is 3. The van der Waals surface area contributed by atoms with Crippen LogP contribution in [0.15, 0.2) is 28.7 Å². The average molecular weight is 244 g/mol. The average Bonchev–Trinajstić information content (AvgIpc) is 2.55. The molecule has 3 nitrogen and oxygen atoms in total. The van der Waals surface area contributed by atoms with E-state index in [0.29, 0.717) is 0 Å². The summed E-state index contributed by atoms with van der Waals surface area (Å²) >= 11 is 0. The fourth-order valence-corrected chi connectivity index (χ4v) is 1.51. The van der Waals surface area contributed by atoms with E-state index in [1.807, 2.05) is 0 Å². The van der Waals surface area contributed by atoms with Gasteiger partial charge in [-0.1, -0.05) is 0 Å². The molecule has 0 aliphatic rings. The number of rotatable bonds is 2. The van der Waals surface area contributed by atoms with Crippen molar-refractivity contribution >= 4 is 16.9 Å². The lowest BCUT2D eigenvalue weighted by Crippen LogP contribution is -2.03. The summed E-state index contributed by atoms with van der Waals surface area (Å²) in [4.78, 5) is 10.4. The van der Waals surface area contributed by atoms with E-state index in [4.69, 9.17) is 9.52 Å². The van der Waals surface area contributed by atoms with Crippen molar-refractivity contribution < 1.29 is 27.5 Å². The van der Waals surface area contributed by atoms with Gasteiger partial charge in [0.15, 0.2) is 0 Å². The molecule has 1 N–H and O–H groups in total. The molecule has 0 fully saturated rings. The minimum atomic E-state index is -4.42. The summed E-state index contributed by atoms with van der Waals surface area (Å²) in [6.07, 6.45) is -4.77. The molecular formula is C11H7F3O3. The molecule has 0 radical (unpaired) electrons. The summed E-state index contributed by atoms with van der Waals surface area (Å²) in [5.41, 5.74) is -0.540. The Balaban J connectivity index is 2.44. The summed E-state index contributed by atoms with van der Waals surface area (Å²) in [6.45, 7) is 0. The lowest BCUT2D eigenvalue weighted by atomic mass is 10.1. The number of halogens is 3. The summed E-state index contributed by atoms with van der Waals surface area (Å²) in [7, 11) is 0. The number of fused-ring (bicyclic) bond motifs is 1. The van der Waals surface area contributed by atoms with E-state index < -0.39 is 17.7 Å². The molecule has 6 heteroatoms. The fourth-order valence-electron chi connectivity index (χ4n) is 1.51. The van der Waals surface area contributed by atoms with Crippen LogP contribution in [-0.4, -0.2) is 11.1 Å². The van der Waals surface area contributed by atoms with E-state index in [2.05, 4.69) is 0 Å². The topological polar surface area (TPSA) is 50.4 Å². The van der Waals surface area contributed by atoms with Crippen LogP contribution in [0.1, 0.15) is 11.3 Å². The molecule has 2 aromatic rings. The lowest BCUT2D eigenvalue weighted by Gasteiger charge is -2.04. The number of hydrogen-bond acceptors (Lipinski definition) is 2. The van der Waals surface area contributed by atoms with Crippen LogP contribution in [0.2, 0.25) is 0 Å². The van der Waals surface area contributed by atoms with Crippen molar-refractivity contribution in [1.82, 2.24) is 0 Å². The molecule has 1 aromatic heterocycles. The second-order valence-corrected chi connectivity index (χ2v) is 3.53. The van der Waals surface area contributed by atoms with Crippen LogP contribution in [0, 0.1) is 0 Å². The maximum atomic E-state index is 12.4. The Morgan fingerprint density at radius 1 is 1.29 bits per heavy atom. The first-order valence-corrected chi connectivity index (χ1v) is 4.68. The molecule has 17 heavy (non-hydrogen) atoms. The van der Waals surface area contributed by atoms with Gasteiger partial charge in [-0.3, -0.25) is 4.79 Å². The van der Waals surface area contributed by atoms with Crippen molar-refractivity contribution in [2.45, 2.75) is 12.6 Å². The van der Waals surface area contributed by atoms with E-state index in [9.17, 15) is 18.0 Å². The van der Waals surface area contributed by atoms with E-state index in [0.717, 1.165) is 12.1 Å². The summed E-state index contributed by atoms with van der Waals surface area (Å²) in [6, 6.07) is 4.32. The number of carbonyl (C=O) groups is 1. The number of hydrogen-bond donors (Lipinski definition) is 1. The van der Waals surface area contributed by atoms with Crippen molar-refractivity contribution in [2.75, 3.05) is 0 Å². The van der Waals surface area contributed by atoms with Gasteiger partial charge >= 0.3 is 12.1 Å². The molecule has 2 rings (SSSR count). The van der Waals surface area contributed by atoms with Crippen molar-refractivity contribution in [3.8, 4) is 0 Å². The van der Waals surface area contributed by atoms with Crippen LogP contribution in [0.25, 0.3) is 11.0 Å². The van der Waals surface area contributed by atoms with Gasteiger partial charge in [-0.05, 0) is 24.3 Å². The highest BCUT2D eigenvalue weighted by molar-refractivity contribution is 5.80. The maximum absolute atomic E-state index is 12.4. The molecule has 0 saturated carbocycles. The van der Waals surface area contributed by atoms with Gasteiger partial charge in [0.05, 0.1) is 5.56 Å². The molecule has 0 unspecified atom stereocenters. The molecule has 90 valence electrons. The molecule has 0 aliphatic heterocycles. The van der Waals surface area contributed by atoms with Gasteiger partial charge in [-0.2, -0.15) is 13.2 Å². The fraction of sp³-hybridized carbons (Fsp3) is 0.182. The highest BCUT2D eigenvalue weighted by atomic mass is 19.4. The second-order valence-electron chi connectivity index (χ2n) is 3.53. The van der Waals surface area contributed by atoms with Gasteiger partial charge in [0, 0.05) is 5.39 Å². The largest absolute Gasteiger partial charge is 0.481 e. The van der Waals surface area contributed by atoms with Gasteiger partial charge in [-0.25, -0.2) is 0 Å². The van der Waals surface area contributed by atoms with Crippen LogP contribution in [0.3, 0.4) is 0 Å². The zero-order chi connectivity index (χ0) is 12.6. The van der Waals surface area contributed by atoms with Gasteiger partial charge in [0.1, 0.15) is 17.8 Å². The van der Waals surface area contributed by atoms with Crippen LogP contribution >= 0.6 is 0 Å². The SMILES string of the molecule is O=C(O)Cc1cc2cc(C(F)(F)F)ccc2o1. The zero-order valence-corrected chi connectivity index (χ0v) is 8.41. The standard InChI is InChI=1S/C11H7F3O3/c12-11(13,14)7-1-2-9-6(3-7)4-8(17-9)5-10(15)16/h1-4H,5H2,(H,15,16). The first-order valence-electron chi connectivity index (χ1n) is 4.68. The minimum absolute atomic E-state index is 0.131. The van der Waals surface area contributed by atoms with Crippen LogP contribution < -0.4 is 0 Å². The lowest BCUT2D eigenvalue weighted by molar-refractivity contribution is -0.138. The number of carboxylic acid groups (broad SMARTS) is 1. The molecule has 0 atom stereocenters. The van der Waals surface area contributed by atoms with Gasteiger partial charge < -0.3 is 9.52 Å². The molecule has 0 aliphatic carbocycles. The van der Waals surface area contributed by atoms with Crippen LogP contribution in [0.4, 0.5) is 13.2 Å². The minimum Gasteiger partial charge on any atom is -0.481 e. The normalized spacial score (nSPS) is 11.9. The molecule has 0 amide bonds. The summed E-state index contributed by atoms with van der Waals surface area (Å²) < 4.78 is 42.3. The Morgan fingerprint density at radius 3 is 2.59 bits per heavy atom. The number of aliphatic carboxylic acids is 1. The Bertz CT molecular complexity index is 569. The van der Waals surface area contributed by atoms with Gasteiger partial charge in [-0.15, -0.1) is 0 Å². The summed E-state index contributed by atoms with van der Waals surface area (Å²) in [5, 5.41) is 8.78. The van der Waals surface area contributed by atoms with Crippen molar-refractivity contribution in [2.24, 2.45) is 0 Å². The zero-order valence-electron chi connectivity index (χ0n) is 8.41. The molecule has 1 aromatic carbocycles. The molecule has 0 spiro atoms. The number of benzene rings is 1. The first kappa shape index (κ1) is 11.5. The van der Waals surface area contributed by atoms with Crippen molar-refractivity contribution in [3.63, 3.8) is 0 Å². The molecule has 0 saturated heterocycles. The highest BCUT2D eigenvalue weighted by Gasteiger charge is 2.30. The number of carboxylic acids is 1. The summed E-state index contributed by atoms with van der Waals surface area (Å²) in [5.74, 6) is -0.966. The Hall–Kier alpha value is -1.98. The van der Waals surface area contributed by atoms with Crippen molar-refractivity contribution in [3.05, 3.63) is 35.6 Å². The van der Waals surface area contributed by atoms with E-state index >= 15 is 0 Å². The molecule has 1 heterocycles. The van der Waals surface area contributed by atoms with Gasteiger partial charge in [0.25, 0.3) is 0 Å². The Labute approximate surface area is 93.5 Å². The number of furan rings is 1. The Kier molecular flexibility index (Phi) is 2.57. The van der Waals surface area contributed by atoms with Crippen molar-refractivity contribution in [1.29, 1.82) is 0 Å². The molecule has 0 bridgehead atoms. The van der Waals surface area contributed by atoms with Crippen LogP contribution in [-0.2, 0) is 17.4 Å². The monoisotopic (exact) mass is 244 g/mol. The molecular weight excluding hydrogens is 237 g/mol. The van der Waals surface area contributed by atoms with E-state index in [-0.39, 0.29) is 23.2 Å². The highest BCUT2D eigenvalue weighted by Crippen LogP contribution is 2.32. The quantitative estimate of drug-likeness (QED) is 0.883. The predicted octanol–water partition coefficient (Wildman–Crippen LogP) is 3.08. The third kappa shape index (κ3) is 2.41. The predicted molar refractivity (Wildman–Crippen MR) is 52.6 cm³/mol. The smallest absolute Gasteiger partial charge is 0.416 e. The Morgan fingerprint density at radius 2 is 2.00 bits per heavy atom. The maximum Gasteiger partial charge on any atom is 0.416 e. The second kappa shape index (κ2) is 3.80. The van der Waals surface area contributed by atoms with E-state index in [1.165, 1.54) is 12.1 Å².